The first-order valence-electron chi connectivity index (χ1n) is 7.01. The highest BCUT2D eigenvalue weighted by Gasteiger charge is 2.13. The van der Waals surface area contributed by atoms with Gasteiger partial charge in [-0.15, -0.1) is 0 Å². The summed E-state index contributed by atoms with van der Waals surface area (Å²) < 4.78 is 9.98. The van der Waals surface area contributed by atoms with Gasteiger partial charge in [0.2, 0.25) is 5.91 Å². The van der Waals surface area contributed by atoms with Gasteiger partial charge in [0.25, 0.3) is 5.91 Å². The van der Waals surface area contributed by atoms with Crippen LogP contribution in [0.3, 0.4) is 0 Å². The van der Waals surface area contributed by atoms with Gasteiger partial charge in [-0.25, -0.2) is 4.79 Å². The minimum absolute atomic E-state index is 0.249. The first-order chi connectivity index (χ1) is 11.5. The number of benzene rings is 2. The summed E-state index contributed by atoms with van der Waals surface area (Å²) >= 11 is 0. The average molecular weight is 328 g/mol. The second kappa shape index (κ2) is 7.77. The molecule has 0 heterocycles. The minimum Gasteiger partial charge on any atom is -0.484 e. The lowest BCUT2D eigenvalue weighted by molar-refractivity contribution is -0.118. The van der Waals surface area contributed by atoms with Crippen molar-refractivity contribution in [3.63, 3.8) is 0 Å². The van der Waals surface area contributed by atoms with E-state index in [1.54, 1.807) is 24.3 Å². The van der Waals surface area contributed by atoms with Crippen molar-refractivity contribution >= 4 is 23.5 Å². The van der Waals surface area contributed by atoms with Gasteiger partial charge in [0.1, 0.15) is 5.75 Å². The number of nitrogens with one attached hydrogen (secondary N) is 1. The van der Waals surface area contributed by atoms with E-state index in [1.165, 1.54) is 31.4 Å². The summed E-state index contributed by atoms with van der Waals surface area (Å²) in [5.41, 5.74) is 6.07. The normalized spacial score (nSPS) is 9.88. The number of esters is 1. The van der Waals surface area contributed by atoms with Crippen LogP contribution in [-0.4, -0.2) is 31.5 Å². The summed E-state index contributed by atoms with van der Waals surface area (Å²) in [4.78, 5) is 34.6. The Hall–Kier alpha value is -3.35. The molecule has 0 unspecified atom stereocenters. The fourth-order valence-electron chi connectivity index (χ4n) is 1.93. The van der Waals surface area contributed by atoms with E-state index >= 15 is 0 Å². The van der Waals surface area contributed by atoms with Gasteiger partial charge in [-0.2, -0.15) is 0 Å². The maximum Gasteiger partial charge on any atom is 0.339 e. The molecule has 0 saturated carbocycles. The quantitative estimate of drug-likeness (QED) is 0.783. The van der Waals surface area contributed by atoms with E-state index in [0.29, 0.717) is 17.0 Å². The van der Waals surface area contributed by atoms with E-state index in [2.05, 4.69) is 10.1 Å². The first-order valence-corrected chi connectivity index (χ1v) is 7.01. The number of hydrogen-bond donors (Lipinski definition) is 2. The molecule has 2 rings (SSSR count). The predicted octanol–water partition coefficient (Wildman–Crippen LogP) is 1.59. The van der Waals surface area contributed by atoms with Crippen molar-refractivity contribution in [2.75, 3.05) is 19.0 Å². The zero-order valence-electron chi connectivity index (χ0n) is 12.9. The minimum atomic E-state index is -0.547. The van der Waals surface area contributed by atoms with Crippen LogP contribution in [0.2, 0.25) is 0 Å². The highest BCUT2D eigenvalue weighted by Crippen LogP contribution is 2.16. The lowest BCUT2D eigenvalue weighted by Crippen LogP contribution is -2.21. The van der Waals surface area contributed by atoms with Crippen molar-refractivity contribution in [3.05, 3.63) is 59.7 Å². The molecule has 2 aromatic carbocycles. The number of carbonyl (C=O) groups is 3. The first kappa shape index (κ1) is 17.0. The Bertz CT molecular complexity index is 756. The van der Waals surface area contributed by atoms with E-state index in [9.17, 15) is 14.4 Å². The summed E-state index contributed by atoms with van der Waals surface area (Å²) in [6.07, 6.45) is 0. The molecule has 0 fully saturated rings. The van der Waals surface area contributed by atoms with E-state index in [0.717, 1.165) is 0 Å². The number of amides is 2. The van der Waals surface area contributed by atoms with Crippen LogP contribution in [0.4, 0.5) is 5.69 Å². The molecule has 124 valence electrons. The highest BCUT2D eigenvalue weighted by molar-refractivity contribution is 6.01. The van der Waals surface area contributed by atoms with Crippen LogP contribution < -0.4 is 15.8 Å². The molecule has 0 radical (unpaired) electrons. The molecule has 24 heavy (non-hydrogen) atoms. The SMILES string of the molecule is COC(=O)c1ccccc1NC(=O)COc1ccc(C(N)=O)cc1. The van der Waals surface area contributed by atoms with Crippen LogP contribution in [0.5, 0.6) is 5.75 Å². The number of anilines is 1. The molecule has 2 amide bonds. The topological polar surface area (TPSA) is 108 Å². The molecule has 0 aromatic heterocycles. The molecule has 0 spiro atoms. The zero-order valence-corrected chi connectivity index (χ0v) is 12.9. The van der Waals surface area contributed by atoms with E-state index in [-0.39, 0.29) is 12.2 Å². The number of hydrogen-bond acceptors (Lipinski definition) is 5. The van der Waals surface area contributed by atoms with Crippen molar-refractivity contribution in [2.45, 2.75) is 0 Å². The Morgan fingerprint density at radius 3 is 2.33 bits per heavy atom. The summed E-state index contributed by atoms with van der Waals surface area (Å²) in [5.74, 6) is -1.12. The second-order valence-corrected chi connectivity index (χ2v) is 4.76. The Labute approximate surface area is 138 Å². The number of carbonyl (C=O) groups excluding carboxylic acids is 3. The molecule has 7 nitrogen and oxygen atoms in total. The lowest BCUT2D eigenvalue weighted by Gasteiger charge is -2.10. The number of primary amides is 1. The smallest absolute Gasteiger partial charge is 0.339 e. The van der Waals surface area contributed by atoms with Crippen molar-refractivity contribution in [1.82, 2.24) is 0 Å². The number of para-hydroxylation sites is 1. The number of ether oxygens (including phenoxy) is 2. The largest absolute Gasteiger partial charge is 0.484 e. The average Bonchev–Trinajstić information content (AvgIpc) is 2.60. The van der Waals surface area contributed by atoms with Crippen LogP contribution in [0, 0.1) is 0 Å². The maximum atomic E-state index is 12.0. The van der Waals surface area contributed by atoms with Crippen LogP contribution >= 0.6 is 0 Å². The van der Waals surface area contributed by atoms with Gasteiger partial charge < -0.3 is 20.5 Å². The summed E-state index contributed by atoms with van der Waals surface area (Å²) in [5, 5.41) is 2.59. The Kier molecular flexibility index (Phi) is 5.51. The van der Waals surface area contributed by atoms with Crippen molar-refractivity contribution in [1.29, 1.82) is 0 Å². The van der Waals surface area contributed by atoms with Gasteiger partial charge in [0, 0.05) is 5.56 Å². The van der Waals surface area contributed by atoms with Crippen LogP contribution in [0.15, 0.2) is 48.5 Å². The number of nitrogens with two attached hydrogens (primary N) is 1. The standard InChI is InChI=1S/C17H16N2O5/c1-23-17(22)13-4-2-3-5-14(13)19-15(20)10-24-12-8-6-11(7-9-12)16(18)21/h2-9H,10H2,1H3,(H2,18,21)(H,19,20). The van der Waals surface area contributed by atoms with Gasteiger partial charge in [-0.05, 0) is 36.4 Å². The van der Waals surface area contributed by atoms with Gasteiger partial charge in [-0.3, -0.25) is 9.59 Å². The highest BCUT2D eigenvalue weighted by atomic mass is 16.5. The molecule has 0 bridgehead atoms. The van der Waals surface area contributed by atoms with E-state index < -0.39 is 17.8 Å². The summed E-state index contributed by atoms with van der Waals surface area (Å²) in [6, 6.07) is 12.6. The molecule has 0 aliphatic carbocycles. The third kappa shape index (κ3) is 4.33. The molecule has 0 aliphatic rings. The van der Waals surface area contributed by atoms with Crippen molar-refractivity contribution < 1.29 is 23.9 Å². The predicted molar refractivity (Wildman–Crippen MR) is 86.9 cm³/mol. The van der Waals surface area contributed by atoms with Crippen molar-refractivity contribution in [3.8, 4) is 5.75 Å². The zero-order chi connectivity index (χ0) is 17.5. The Morgan fingerprint density at radius 1 is 1.04 bits per heavy atom. The summed E-state index contributed by atoms with van der Waals surface area (Å²) in [7, 11) is 1.26. The molecular formula is C17H16N2O5. The second-order valence-electron chi connectivity index (χ2n) is 4.76. The fraction of sp³-hybridized carbons (Fsp3) is 0.118. The van der Waals surface area contributed by atoms with Crippen LogP contribution in [-0.2, 0) is 9.53 Å². The lowest BCUT2D eigenvalue weighted by atomic mass is 10.2. The molecule has 2 aromatic rings. The summed E-state index contributed by atoms with van der Waals surface area (Å²) in [6.45, 7) is -0.259. The molecular weight excluding hydrogens is 312 g/mol. The molecule has 3 N–H and O–H groups in total. The molecule has 7 heteroatoms. The third-order valence-corrected chi connectivity index (χ3v) is 3.12. The number of methoxy groups -OCH3 is 1. The van der Waals surface area contributed by atoms with Gasteiger partial charge in [-0.1, -0.05) is 12.1 Å². The van der Waals surface area contributed by atoms with Crippen LogP contribution in [0.25, 0.3) is 0 Å². The Balaban J connectivity index is 1.96. The van der Waals surface area contributed by atoms with E-state index in [1.807, 2.05) is 0 Å². The third-order valence-electron chi connectivity index (χ3n) is 3.12. The molecule has 0 atom stereocenters. The fourth-order valence-corrected chi connectivity index (χ4v) is 1.93. The Morgan fingerprint density at radius 2 is 1.71 bits per heavy atom. The van der Waals surface area contributed by atoms with Gasteiger partial charge in [0.05, 0.1) is 18.4 Å². The van der Waals surface area contributed by atoms with Crippen molar-refractivity contribution in [2.24, 2.45) is 5.73 Å². The van der Waals surface area contributed by atoms with E-state index in [4.69, 9.17) is 10.5 Å². The number of rotatable bonds is 6. The molecule has 0 aliphatic heterocycles. The van der Waals surface area contributed by atoms with Crippen LogP contribution in [0.1, 0.15) is 20.7 Å². The van der Waals surface area contributed by atoms with Gasteiger partial charge >= 0.3 is 5.97 Å². The monoisotopic (exact) mass is 328 g/mol. The van der Waals surface area contributed by atoms with Gasteiger partial charge in [0.15, 0.2) is 6.61 Å². The maximum absolute atomic E-state index is 12.0. The molecule has 0 saturated heterocycles.